The van der Waals surface area contributed by atoms with Crippen LogP contribution in [0.5, 0.6) is 0 Å². The van der Waals surface area contributed by atoms with Crippen molar-refractivity contribution in [3.8, 4) is 0 Å². The van der Waals surface area contributed by atoms with Gasteiger partial charge in [0.15, 0.2) is 0 Å². The lowest BCUT2D eigenvalue weighted by Gasteiger charge is -2.31. The molecule has 2 amide bonds. The summed E-state index contributed by atoms with van der Waals surface area (Å²) in [4.78, 5) is 33.7. The lowest BCUT2D eigenvalue weighted by Crippen LogP contribution is -2.44. The smallest absolute Gasteiger partial charge is 0.307 e. The highest BCUT2D eigenvalue weighted by molar-refractivity contribution is 5.88. The van der Waals surface area contributed by atoms with Gasteiger partial charge in [0, 0.05) is 19.2 Å². The molecule has 2 unspecified atom stereocenters. The van der Waals surface area contributed by atoms with Crippen LogP contribution < -0.4 is 10.6 Å². The summed E-state index contributed by atoms with van der Waals surface area (Å²) < 4.78 is 0. The van der Waals surface area contributed by atoms with Crippen molar-refractivity contribution in [2.24, 2.45) is 11.8 Å². The molecule has 2 atom stereocenters. The molecule has 6 nitrogen and oxygen atoms in total. The van der Waals surface area contributed by atoms with Crippen LogP contribution in [0.3, 0.4) is 0 Å². The molecule has 1 aliphatic rings. The molecule has 3 N–H and O–H groups in total. The van der Waals surface area contributed by atoms with Crippen LogP contribution in [0.4, 0.5) is 5.69 Å². The van der Waals surface area contributed by atoms with Gasteiger partial charge in [-0.05, 0) is 37.0 Å². The second-order valence-corrected chi connectivity index (χ2v) is 5.55. The average molecular weight is 304 g/mol. The minimum atomic E-state index is -0.889. The molecule has 22 heavy (non-hydrogen) atoms. The maximum absolute atomic E-state index is 11.9. The second-order valence-electron chi connectivity index (χ2n) is 5.55. The third-order valence-electron chi connectivity index (χ3n) is 3.92. The van der Waals surface area contributed by atoms with E-state index in [1.165, 1.54) is 6.92 Å². The minimum Gasteiger partial charge on any atom is -0.481 e. The molecule has 1 aliphatic carbocycles. The van der Waals surface area contributed by atoms with Crippen molar-refractivity contribution in [2.45, 2.75) is 26.2 Å². The zero-order valence-corrected chi connectivity index (χ0v) is 12.5. The number of hydrogen-bond donors (Lipinski definition) is 3. The molecule has 1 aromatic rings. The topological polar surface area (TPSA) is 95.5 Å². The Morgan fingerprint density at radius 2 is 1.77 bits per heavy atom. The zero-order chi connectivity index (χ0) is 16.1. The lowest BCUT2D eigenvalue weighted by atomic mass is 9.73. The third kappa shape index (κ3) is 4.07. The van der Waals surface area contributed by atoms with Crippen molar-refractivity contribution in [3.05, 3.63) is 29.8 Å². The van der Waals surface area contributed by atoms with Gasteiger partial charge in [0.1, 0.15) is 0 Å². The first-order valence-electron chi connectivity index (χ1n) is 7.34. The fourth-order valence-corrected chi connectivity index (χ4v) is 2.53. The van der Waals surface area contributed by atoms with Gasteiger partial charge in [0.2, 0.25) is 11.8 Å². The summed E-state index contributed by atoms with van der Waals surface area (Å²) in [5, 5.41) is 14.4. The van der Waals surface area contributed by atoms with Gasteiger partial charge < -0.3 is 15.7 Å². The Balaban J connectivity index is 1.75. The van der Waals surface area contributed by atoms with Crippen LogP contribution >= 0.6 is 0 Å². The standard InChI is InChI=1S/C16H20N2O4/c1-10(19)18-12-4-2-11(3-5-12)8-9-17-15(20)13-6-7-14(13)16(21)22/h2-5,13-14H,6-9H2,1H3,(H,17,20)(H,18,19)(H,21,22). The van der Waals surface area contributed by atoms with E-state index >= 15 is 0 Å². The summed E-state index contributed by atoms with van der Waals surface area (Å²) in [6.45, 7) is 1.93. The number of nitrogens with one attached hydrogen (secondary N) is 2. The highest BCUT2D eigenvalue weighted by atomic mass is 16.4. The van der Waals surface area contributed by atoms with Gasteiger partial charge in [0.25, 0.3) is 0 Å². The Morgan fingerprint density at radius 1 is 1.14 bits per heavy atom. The maximum Gasteiger partial charge on any atom is 0.307 e. The number of hydrogen-bond acceptors (Lipinski definition) is 3. The lowest BCUT2D eigenvalue weighted by molar-refractivity contribution is -0.152. The average Bonchev–Trinajstić information content (AvgIpc) is 2.38. The molecule has 1 aromatic carbocycles. The molecule has 0 aliphatic heterocycles. The van der Waals surface area contributed by atoms with Crippen LogP contribution in [0.25, 0.3) is 0 Å². The highest BCUT2D eigenvalue weighted by Crippen LogP contribution is 2.34. The Labute approximate surface area is 128 Å². The summed E-state index contributed by atoms with van der Waals surface area (Å²) in [5.74, 6) is -2.10. The first kappa shape index (κ1) is 16.0. The predicted molar refractivity (Wildman–Crippen MR) is 81.3 cm³/mol. The van der Waals surface area contributed by atoms with Crippen LogP contribution in [-0.2, 0) is 20.8 Å². The number of benzene rings is 1. The van der Waals surface area contributed by atoms with Gasteiger partial charge in [-0.15, -0.1) is 0 Å². The van der Waals surface area contributed by atoms with Crippen molar-refractivity contribution in [2.75, 3.05) is 11.9 Å². The van der Waals surface area contributed by atoms with E-state index in [9.17, 15) is 14.4 Å². The molecule has 0 aromatic heterocycles. The molecule has 1 saturated carbocycles. The van der Waals surface area contributed by atoms with E-state index in [1.54, 1.807) is 0 Å². The largest absolute Gasteiger partial charge is 0.481 e. The number of carboxylic acid groups (broad SMARTS) is 1. The van der Waals surface area contributed by atoms with E-state index in [2.05, 4.69) is 10.6 Å². The molecule has 0 bridgehead atoms. The van der Waals surface area contributed by atoms with E-state index in [0.717, 1.165) is 11.3 Å². The number of carbonyl (C=O) groups is 3. The monoisotopic (exact) mass is 304 g/mol. The fourth-order valence-electron chi connectivity index (χ4n) is 2.53. The van der Waals surface area contributed by atoms with Gasteiger partial charge in [-0.3, -0.25) is 14.4 Å². The number of rotatable bonds is 6. The molecule has 0 spiro atoms. The van der Waals surface area contributed by atoms with Gasteiger partial charge in [0.05, 0.1) is 11.8 Å². The number of aliphatic carboxylic acids is 1. The molecule has 1 fully saturated rings. The number of carboxylic acids is 1. The number of amides is 2. The molecule has 118 valence electrons. The van der Waals surface area contributed by atoms with Crippen molar-refractivity contribution in [1.82, 2.24) is 5.32 Å². The summed E-state index contributed by atoms with van der Waals surface area (Å²) in [7, 11) is 0. The van der Waals surface area contributed by atoms with E-state index < -0.39 is 11.9 Å². The normalized spacial score (nSPS) is 19.9. The van der Waals surface area contributed by atoms with Crippen molar-refractivity contribution in [1.29, 1.82) is 0 Å². The minimum absolute atomic E-state index is 0.117. The van der Waals surface area contributed by atoms with Gasteiger partial charge in [-0.2, -0.15) is 0 Å². The van der Waals surface area contributed by atoms with E-state index in [-0.39, 0.29) is 17.7 Å². The first-order chi connectivity index (χ1) is 10.5. The molecule has 0 heterocycles. The highest BCUT2D eigenvalue weighted by Gasteiger charge is 2.41. The maximum atomic E-state index is 11.9. The van der Waals surface area contributed by atoms with Gasteiger partial charge in [-0.25, -0.2) is 0 Å². The van der Waals surface area contributed by atoms with Gasteiger partial charge in [-0.1, -0.05) is 12.1 Å². The summed E-state index contributed by atoms with van der Waals surface area (Å²) in [6, 6.07) is 7.40. The number of anilines is 1. The van der Waals surface area contributed by atoms with Crippen molar-refractivity contribution < 1.29 is 19.5 Å². The number of carbonyl (C=O) groups excluding carboxylic acids is 2. The van der Waals surface area contributed by atoms with Crippen LogP contribution in [-0.4, -0.2) is 29.4 Å². The summed E-state index contributed by atoms with van der Waals surface area (Å²) in [6.07, 6.45) is 1.89. The summed E-state index contributed by atoms with van der Waals surface area (Å²) >= 11 is 0. The quantitative estimate of drug-likeness (QED) is 0.740. The van der Waals surface area contributed by atoms with Crippen LogP contribution in [0.2, 0.25) is 0 Å². The van der Waals surface area contributed by atoms with Gasteiger partial charge >= 0.3 is 5.97 Å². The predicted octanol–water partition coefficient (Wildman–Crippen LogP) is 1.41. The molecule has 2 rings (SSSR count). The van der Waals surface area contributed by atoms with E-state index in [0.29, 0.717) is 25.8 Å². The Morgan fingerprint density at radius 3 is 2.27 bits per heavy atom. The van der Waals surface area contributed by atoms with Crippen molar-refractivity contribution >= 4 is 23.5 Å². The van der Waals surface area contributed by atoms with E-state index in [1.807, 2.05) is 24.3 Å². The molecular weight excluding hydrogens is 284 g/mol. The van der Waals surface area contributed by atoms with Crippen LogP contribution in [0.15, 0.2) is 24.3 Å². The van der Waals surface area contributed by atoms with Crippen LogP contribution in [0, 0.1) is 11.8 Å². The van der Waals surface area contributed by atoms with E-state index in [4.69, 9.17) is 5.11 Å². The SMILES string of the molecule is CC(=O)Nc1ccc(CCNC(=O)C2CCC2C(=O)O)cc1. The van der Waals surface area contributed by atoms with Crippen LogP contribution in [0.1, 0.15) is 25.3 Å². The second kappa shape index (κ2) is 7.06. The Hall–Kier alpha value is -2.37. The summed E-state index contributed by atoms with van der Waals surface area (Å²) in [5.41, 5.74) is 1.77. The zero-order valence-electron chi connectivity index (χ0n) is 12.5. The fraction of sp³-hybridized carbons (Fsp3) is 0.438. The van der Waals surface area contributed by atoms with Crippen molar-refractivity contribution in [3.63, 3.8) is 0 Å². The Bertz CT molecular complexity index is 568. The molecule has 6 heteroatoms. The Kier molecular flexibility index (Phi) is 5.14. The molecule has 0 saturated heterocycles. The molecule has 0 radical (unpaired) electrons. The first-order valence-corrected chi connectivity index (χ1v) is 7.34. The third-order valence-corrected chi connectivity index (χ3v) is 3.92. The molecular formula is C16H20N2O4.